The lowest BCUT2D eigenvalue weighted by molar-refractivity contribution is 0.00103. The summed E-state index contributed by atoms with van der Waals surface area (Å²) < 4.78 is 11.5. The van der Waals surface area contributed by atoms with Gasteiger partial charge < -0.3 is 14.9 Å². The third kappa shape index (κ3) is 3.33. The smallest absolute Gasteiger partial charge is 0.130 e. The molecule has 1 aliphatic carbocycles. The molecule has 0 unspecified atom stereocenters. The summed E-state index contributed by atoms with van der Waals surface area (Å²) in [5.41, 5.74) is 6.70. The van der Waals surface area contributed by atoms with Gasteiger partial charge in [0.25, 0.3) is 0 Å². The van der Waals surface area contributed by atoms with Crippen molar-refractivity contribution >= 4 is 0 Å². The van der Waals surface area contributed by atoms with Crippen molar-refractivity contribution in [3.8, 4) is 0 Å². The molecule has 1 aliphatic rings. The molecule has 1 heterocycles. The minimum Gasteiger partial charge on any atom is -0.464 e. The molecular weight excluding hydrogens is 214 g/mol. The molecular formula is C14H23NO2. The molecule has 0 aromatic carbocycles. The van der Waals surface area contributed by atoms with E-state index in [2.05, 4.69) is 6.92 Å². The molecule has 1 fully saturated rings. The predicted octanol–water partition coefficient (Wildman–Crippen LogP) is 3.14. The molecule has 0 bridgehead atoms. The Labute approximate surface area is 103 Å². The molecule has 96 valence electrons. The number of furan rings is 1. The monoisotopic (exact) mass is 237 g/mol. The standard InChI is InChI=1S/C14H23NO2/c1-10-3-5-13(6-4-10)16-9-14-7-12(8-15)11(2)17-14/h7,10,13H,3-6,8-9,15H2,1-2H3. The van der Waals surface area contributed by atoms with Crippen LogP contribution in [0.3, 0.4) is 0 Å². The number of rotatable bonds is 4. The minimum atomic E-state index is 0.415. The molecule has 0 spiro atoms. The van der Waals surface area contributed by atoms with Crippen LogP contribution >= 0.6 is 0 Å². The summed E-state index contributed by atoms with van der Waals surface area (Å²) in [5.74, 6) is 2.69. The maximum atomic E-state index is 5.90. The Morgan fingerprint density at radius 2 is 2.06 bits per heavy atom. The second-order valence-corrected chi connectivity index (χ2v) is 5.19. The second kappa shape index (κ2) is 5.69. The van der Waals surface area contributed by atoms with Gasteiger partial charge in [0, 0.05) is 12.1 Å². The SMILES string of the molecule is Cc1oc(COC2CCC(C)CC2)cc1CN. The molecule has 2 rings (SSSR count). The maximum absolute atomic E-state index is 5.90. The topological polar surface area (TPSA) is 48.4 Å². The molecule has 0 aliphatic heterocycles. The first-order valence-corrected chi connectivity index (χ1v) is 6.59. The van der Waals surface area contributed by atoms with E-state index in [0.717, 1.165) is 23.0 Å². The summed E-state index contributed by atoms with van der Waals surface area (Å²) in [7, 11) is 0. The highest BCUT2D eigenvalue weighted by Crippen LogP contribution is 2.26. The van der Waals surface area contributed by atoms with Gasteiger partial charge in [0.05, 0.1) is 6.10 Å². The van der Waals surface area contributed by atoms with E-state index >= 15 is 0 Å². The molecule has 0 atom stereocenters. The Morgan fingerprint density at radius 1 is 1.35 bits per heavy atom. The second-order valence-electron chi connectivity index (χ2n) is 5.19. The van der Waals surface area contributed by atoms with Crippen molar-refractivity contribution in [3.05, 3.63) is 23.2 Å². The quantitative estimate of drug-likeness (QED) is 0.875. The molecule has 3 nitrogen and oxygen atoms in total. The normalized spacial score (nSPS) is 25.1. The van der Waals surface area contributed by atoms with Gasteiger partial charge in [0.15, 0.2) is 0 Å². The fourth-order valence-corrected chi connectivity index (χ4v) is 2.46. The first kappa shape index (κ1) is 12.7. The van der Waals surface area contributed by atoms with Crippen molar-refractivity contribution in [1.29, 1.82) is 0 Å². The van der Waals surface area contributed by atoms with Crippen molar-refractivity contribution in [2.24, 2.45) is 11.7 Å². The van der Waals surface area contributed by atoms with Crippen molar-refractivity contribution in [1.82, 2.24) is 0 Å². The van der Waals surface area contributed by atoms with E-state index in [0.29, 0.717) is 19.3 Å². The summed E-state index contributed by atoms with van der Waals surface area (Å²) >= 11 is 0. The van der Waals surface area contributed by atoms with Crippen LogP contribution in [-0.2, 0) is 17.9 Å². The number of nitrogens with two attached hydrogens (primary N) is 1. The predicted molar refractivity (Wildman–Crippen MR) is 67.5 cm³/mol. The molecule has 17 heavy (non-hydrogen) atoms. The van der Waals surface area contributed by atoms with E-state index in [4.69, 9.17) is 14.9 Å². The van der Waals surface area contributed by atoms with Crippen LogP contribution in [0.1, 0.15) is 49.7 Å². The summed E-state index contributed by atoms with van der Waals surface area (Å²) in [6, 6.07) is 2.01. The molecule has 2 N–H and O–H groups in total. The molecule has 0 saturated heterocycles. The van der Waals surface area contributed by atoms with Crippen LogP contribution in [0, 0.1) is 12.8 Å². The zero-order chi connectivity index (χ0) is 12.3. The van der Waals surface area contributed by atoms with Crippen molar-refractivity contribution in [2.75, 3.05) is 0 Å². The highest BCUT2D eigenvalue weighted by molar-refractivity contribution is 5.19. The molecule has 0 amide bonds. The van der Waals surface area contributed by atoms with Gasteiger partial charge in [0.1, 0.15) is 18.1 Å². The van der Waals surface area contributed by atoms with Gasteiger partial charge in [-0.2, -0.15) is 0 Å². The van der Waals surface area contributed by atoms with Crippen molar-refractivity contribution in [2.45, 2.75) is 58.8 Å². The average Bonchev–Trinajstić information content (AvgIpc) is 2.69. The molecule has 1 aromatic heterocycles. The summed E-state index contributed by atoms with van der Waals surface area (Å²) in [6.07, 6.45) is 5.36. The Morgan fingerprint density at radius 3 is 2.65 bits per heavy atom. The highest BCUT2D eigenvalue weighted by Gasteiger charge is 2.19. The fraction of sp³-hybridized carbons (Fsp3) is 0.714. The third-order valence-electron chi connectivity index (χ3n) is 3.72. The van der Waals surface area contributed by atoms with Crippen LogP contribution in [0.4, 0.5) is 0 Å². The first-order valence-electron chi connectivity index (χ1n) is 6.59. The van der Waals surface area contributed by atoms with E-state index < -0.39 is 0 Å². The number of hydrogen-bond acceptors (Lipinski definition) is 3. The van der Waals surface area contributed by atoms with E-state index in [1.54, 1.807) is 0 Å². The van der Waals surface area contributed by atoms with Crippen LogP contribution in [0.5, 0.6) is 0 Å². The van der Waals surface area contributed by atoms with E-state index in [1.165, 1.54) is 25.7 Å². The minimum absolute atomic E-state index is 0.415. The maximum Gasteiger partial charge on any atom is 0.130 e. The Balaban J connectivity index is 1.81. The zero-order valence-electron chi connectivity index (χ0n) is 10.9. The summed E-state index contributed by atoms with van der Waals surface area (Å²) in [6.45, 7) is 5.39. The van der Waals surface area contributed by atoms with Gasteiger partial charge >= 0.3 is 0 Å². The lowest BCUT2D eigenvalue weighted by Crippen LogP contribution is -2.20. The van der Waals surface area contributed by atoms with E-state index in [9.17, 15) is 0 Å². The Hall–Kier alpha value is -0.800. The Kier molecular flexibility index (Phi) is 4.24. The lowest BCUT2D eigenvalue weighted by atomic mass is 9.89. The molecule has 1 saturated carbocycles. The van der Waals surface area contributed by atoms with Gasteiger partial charge in [-0.05, 0) is 44.6 Å². The summed E-state index contributed by atoms with van der Waals surface area (Å²) in [5, 5.41) is 0. The molecule has 0 radical (unpaired) electrons. The summed E-state index contributed by atoms with van der Waals surface area (Å²) in [4.78, 5) is 0. The average molecular weight is 237 g/mol. The largest absolute Gasteiger partial charge is 0.464 e. The first-order chi connectivity index (χ1) is 8.19. The van der Waals surface area contributed by atoms with Crippen LogP contribution in [0.2, 0.25) is 0 Å². The highest BCUT2D eigenvalue weighted by atomic mass is 16.5. The lowest BCUT2D eigenvalue weighted by Gasteiger charge is -2.25. The van der Waals surface area contributed by atoms with Crippen molar-refractivity contribution < 1.29 is 9.15 Å². The third-order valence-corrected chi connectivity index (χ3v) is 3.72. The van der Waals surface area contributed by atoms with Crippen LogP contribution in [-0.4, -0.2) is 6.10 Å². The van der Waals surface area contributed by atoms with Crippen LogP contribution in [0.25, 0.3) is 0 Å². The Bertz CT molecular complexity index is 351. The van der Waals surface area contributed by atoms with Crippen LogP contribution in [0.15, 0.2) is 10.5 Å². The van der Waals surface area contributed by atoms with Gasteiger partial charge in [-0.1, -0.05) is 6.92 Å². The van der Waals surface area contributed by atoms with E-state index in [-0.39, 0.29) is 0 Å². The van der Waals surface area contributed by atoms with Gasteiger partial charge in [-0.15, -0.1) is 0 Å². The van der Waals surface area contributed by atoms with Gasteiger partial charge in [0.2, 0.25) is 0 Å². The number of ether oxygens (including phenoxy) is 1. The van der Waals surface area contributed by atoms with E-state index in [1.807, 2.05) is 13.0 Å². The fourth-order valence-electron chi connectivity index (χ4n) is 2.46. The molecule has 1 aromatic rings. The van der Waals surface area contributed by atoms with Gasteiger partial charge in [-0.25, -0.2) is 0 Å². The zero-order valence-corrected chi connectivity index (χ0v) is 10.9. The van der Waals surface area contributed by atoms with Gasteiger partial charge in [-0.3, -0.25) is 0 Å². The number of aryl methyl sites for hydroxylation is 1. The van der Waals surface area contributed by atoms with Crippen molar-refractivity contribution in [3.63, 3.8) is 0 Å². The van der Waals surface area contributed by atoms with Crippen LogP contribution < -0.4 is 5.73 Å². The number of hydrogen-bond donors (Lipinski definition) is 1. The molecule has 3 heteroatoms.